The third-order valence-electron chi connectivity index (χ3n) is 2.42. The lowest BCUT2D eigenvalue weighted by Gasteiger charge is -2.09. The van der Waals surface area contributed by atoms with E-state index in [0.29, 0.717) is 12.6 Å². The van der Waals surface area contributed by atoms with Gasteiger partial charge in [0.1, 0.15) is 0 Å². The fourth-order valence-corrected chi connectivity index (χ4v) is 1.69. The lowest BCUT2D eigenvalue weighted by molar-refractivity contribution is -0.115. The predicted molar refractivity (Wildman–Crippen MR) is 64.6 cm³/mol. The second-order valence-electron chi connectivity index (χ2n) is 4.16. The molecule has 5 nitrogen and oxygen atoms in total. The standard InChI is InChI=1S/C11H20N4O/c1-7(2)15-9(4)11(8(3)14-15)13-10(16)6-12-5/h7,12H,6H2,1-5H3,(H,13,16). The summed E-state index contributed by atoms with van der Waals surface area (Å²) in [6.07, 6.45) is 0. The molecule has 2 N–H and O–H groups in total. The van der Waals surface area contributed by atoms with Gasteiger partial charge in [-0.05, 0) is 34.7 Å². The zero-order chi connectivity index (χ0) is 12.3. The quantitative estimate of drug-likeness (QED) is 0.809. The van der Waals surface area contributed by atoms with Gasteiger partial charge in [0.25, 0.3) is 0 Å². The van der Waals surface area contributed by atoms with E-state index in [1.807, 2.05) is 18.5 Å². The molecule has 0 radical (unpaired) electrons. The molecule has 1 rings (SSSR count). The van der Waals surface area contributed by atoms with Crippen molar-refractivity contribution in [1.29, 1.82) is 0 Å². The Kier molecular flexibility index (Phi) is 4.06. The number of anilines is 1. The van der Waals surface area contributed by atoms with Crippen LogP contribution < -0.4 is 10.6 Å². The molecule has 0 aliphatic carbocycles. The summed E-state index contributed by atoms with van der Waals surface area (Å²) in [6.45, 7) is 8.32. The number of amides is 1. The first-order valence-electron chi connectivity index (χ1n) is 5.47. The topological polar surface area (TPSA) is 59.0 Å². The predicted octanol–water partition coefficient (Wildman–Crippen LogP) is 1.24. The summed E-state index contributed by atoms with van der Waals surface area (Å²) in [5.74, 6) is -0.0444. The van der Waals surface area contributed by atoms with E-state index in [1.165, 1.54) is 0 Å². The van der Waals surface area contributed by atoms with Gasteiger partial charge in [-0.3, -0.25) is 9.48 Å². The summed E-state index contributed by atoms with van der Waals surface area (Å²) in [4.78, 5) is 11.5. The van der Waals surface area contributed by atoms with Gasteiger partial charge in [-0.1, -0.05) is 0 Å². The van der Waals surface area contributed by atoms with E-state index in [1.54, 1.807) is 7.05 Å². The molecule has 0 spiro atoms. The second kappa shape index (κ2) is 5.12. The van der Waals surface area contributed by atoms with Gasteiger partial charge < -0.3 is 10.6 Å². The highest BCUT2D eigenvalue weighted by Crippen LogP contribution is 2.22. The molecule has 1 aromatic rings. The van der Waals surface area contributed by atoms with Crippen molar-refractivity contribution in [3.63, 3.8) is 0 Å². The van der Waals surface area contributed by atoms with Crippen LogP contribution in [0.4, 0.5) is 5.69 Å². The maximum atomic E-state index is 11.5. The Morgan fingerprint density at radius 1 is 1.44 bits per heavy atom. The van der Waals surface area contributed by atoms with Crippen LogP contribution in [0.2, 0.25) is 0 Å². The van der Waals surface area contributed by atoms with Crippen molar-refractivity contribution < 1.29 is 4.79 Å². The first-order chi connectivity index (χ1) is 7.47. The van der Waals surface area contributed by atoms with Crippen LogP contribution in [0.5, 0.6) is 0 Å². The minimum absolute atomic E-state index is 0.0444. The average Bonchev–Trinajstić information content (AvgIpc) is 2.46. The molecule has 0 atom stereocenters. The number of aryl methyl sites for hydroxylation is 1. The third kappa shape index (κ3) is 2.61. The number of nitrogens with zero attached hydrogens (tertiary/aromatic N) is 2. The van der Waals surface area contributed by atoms with E-state index in [-0.39, 0.29) is 5.91 Å². The van der Waals surface area contributed by atoms with Gasteiger partial charge in [0.05, 0.1) is 23.6 Å². The van der Waals surface area contributed by atoms with E-state index >= 15 is 0 Å². The number of likely N-dealkylation sites (N-methyl/N-ethyl adjacent to an activating group) is 1. The number of carbonyl (C=O) groups is 1. The Bertz CT molecular complexity index is 382. The van der Waals surface area contributed by atoms with Crippen molar-refractivity contribution >= 4 is 11.6 Å². The highest BCUT2D eigenvalue weighted by Gasteiger charge is 2.14. The van der Waals surface area contributed by atoms with E-state index < -0.39 is 0 Å². The summed E-state index contributed by atoms with van der Waals surface area (Å²) in [7, 11) is 1.75. The first-order valence-corrected chi connectivity index (χ1v) is 5.47. The van der Waals surface area contributed by atoms with E-state index in [9.17, 15) is 4.79 Å². The van der Waals surface area contributed by atoms with Crippen molar-refractivity contribution in [1.82, 2.24) is 15.1 Å². The average molecular weight is 224 g/mol. The summed E-state index contributed by atoms with van der Waals surface area (Å²) in [5.41, 5.74) is 2.68. The number of rotatable bonds is 4. The Balaban J connectivity index is 2.92. The molecule has 0 bridgehead atoms. The van der Waals surface area contributed by atoms with Gasteiger partial charge >= 0.3 is 0 Å². The number of aromatic nitrogens is 2. The molecule has 0 aromatic carbocycles. The molecule has 0 unspecified atom stereocenters. The van der Waals surface area contributed by atoms with Gasteiger partial charge in [-0.2, -0.15) is 5.10 Å². The molecule has 0 aliphatic heterocycles. The zero-order valence-electron chi connectivity index (χ0n) is 10.6. The van der Waals surface area contributed by atoms with Crippen LogP contribution in [0, 0.1) is 13.8 Å². The molecular formula is C11H20N4O. The summed E-state index contributed by atoms with van der Waals surface area (Å²) in [6, 6.07) is 0.300. The maximum absolute atomic E-state index is 11.5. The number of nitrogens with one attached hydrogen (secondary N) is 2. The molecule has 90 valence electrons. The lowest BCUT2D eigenvalue weighted by atomic mass is 10.3. The van der Waals surface area contributed by atoms with Crippen LogP contribution >= 0.6 is 0 Å². The van der Waals surface area contributed by atoms with Crippen molar-refractivity contribution in [3.05, 3.63) is 11.4 Å². The monoisotopic (exact) mass is 224 g/mol. The Morgan fingerprint density at radius 3 is 2.50 bits per heavy atom. The van der Waals surface area contributed by atoms with Crippen LogP contribution in [0.1, 0.15) is 31.3 Å². The zero-order valence-corrected chi connectivity index (χ0v) is 10.6. The SMILES string of the molecule is CNCC(=O)Nc1c(C)nn(C(C)C)c1C. The largest absolute Gasteiger partial charge is 0.322 e. The van der Waals surface area contributed by atoms with Crippen molar-refractivity contribution in [2.45, 2.75) is 33.7 Å². The molecule has 1 aromatic heterocycles. The minimum Gasteiger partial charge on any atom is -0.322 e. The van der Waals surface area contributed by atoms with Gasteiger partial charge in [0, 0.05) is 6.04 Å². The minimum atomic E-state index is -0.0444. The molecule has 1 heterocycles. The first kappa shape index (κ1) is 12.7. The van der Waals surface area contributed by atoms with Gasteiger partial charge in [-0.15, -0.1) is 0 Å². The second-order valence-corrected chi connectivity index (χ2v) is 4.16. The number of hydrogen-bond donors (Lipinski definition) is 2. The van der Waals surface area contributed by atoms with Crippen LogP contribution in [0.25, 0.3) is 0 Å². The van der Waals surface area contributed by atoms with Crippen LogP contribution in [-0.4, -0.2) is 29.3 Å². The Hall–Kier alpha value is -1.36. The molecule has 0 saturated carbocycles. The highest BCUT2D eigenvalue weighted by molar-refractivity contribution is 5.93. The maximum Gasteiger partial charge on any atom is 0.238 e. The lowest BCUT2D eigenvalue weighted by Crippen LogP contribution is -2.25. The molecule has 0 fully saturated rings. The smallest absolute Gasteiger partial charge is 0.238 e. The molecule has 16 heavy (non-hydrogen) atoms. The Labute approximate surface area is 96.2 Å². The normalized spacial score (nSPS) is 10.9. The summed E-state index contributed by atoms with van der Waals surface area (Å²) in [5, 5.41) is 10.1. The van der Waals surface area contributed by atoms with Gasteiger partial charge in [0.2, 0.25) is 5.91 Å². The summed E-state index contributed by atoms with van der Waals surface area (Å²) < 4.78 is 1.92. The fourth-order valence-electron chi connectivity index (χ4n) is 1.69. The van der Waals surface area contributed by atoms with Crippen molar-refractivity contribution in [2.24, 2.45) is 0 Å². The van der Waals surface area contributed by atoms with E-state index in [4.69, 9.17) is 0 Å². The van der Waals surface area contributed by atoms with Crippen LogP contribution in [0.3, 0.4) is 0 Å². The number of carbonyl (C=O) groups excluding carboxylic acids is 1. The third-order valence-corrected chi connectivity index (χ3v) is 2.42. The molecular weight excluding hydrogens is 204 g/mol. The van der Waals surface area contributed by atoms with Crippen LogP contribution in [0.15, 0.2) is 0 Å². The van der Waals surface area contributed by atoms with Gasteiger partial charge in [-0.25, -0.2) is 0 Å². The Morgan fingerprint density at radius 2 is 2.06 bits per heavy atom. The van der Waals surface area contributed by atoms with Crippen molar-refractivity contribution in [3.8, 4) is 0 Å². The fraction of sp³-hybridized carbons (Fsp3) is 0.636. The van der Waals surface area contributed by atoms with Gasteiger partial charge in [0.15, 0.2) is 0 Å². The van der Waals surface area contributed by atoms with E-state index in [2.05, 4.69) is 29.6 Å². The van der Waals surface area contributed by atoms with E-state index in [0.717, 1.165) is 17.1 Å². The highest BCUT2D eigenvalue weighted by atomic mass is 16.1. The molecule has 1 amide bonds. The molecule has 0 saturated heterocycles. The summed E-state index contributed by atoms with van der Waals surface area (Å²) >= 11 is 0. The number of hydrogen-bond acceptors (Lipinski definition) is 3. The molecule has 5 heteroatoms. The van der Waals surface area contributed by atoms with Crippen LogP contribution in [-0.2, 0) is 4.79 Å². The molecule has 0 aliphatic rings. The van der Waals surface area contributed by atoms with Crippen molar-refractivity contribution in [2.75, 3.05) is 18.9 Å².